The van der Waals surface area contributed by atoms with Crippen molar-refractivity contribution in [3.63, 3.8) is 0 Å². The molecule has 6 nitrogen and oxygen atoms in total. The van der Waals surface area contributed by atoms with Gasteiger partial charge in [-0.15, -0.1) is 0 Å². The van der Waals surface area contributed by atoms with Crippen molar-refractivity contribution < 1.29 is 23.9 Å². The van der Waals surface area contributed by atoms with Gasteiger partial charge in [-0.25, -0.2) is 0 Å². The molecule has 2 atom stereocenters. The number of ether oxygens (including phenoxy) is 2. The lowest BCUT2D eigenvalue weighted by Gasteiger charge is -2.34. The molecule has 0 aromatic heterocycles. The summed E-state index contributed by atoms with van der Waals surface area (Å²) in [5, 5.41) is 2.27. The van der Waals surface area contributed by atoms with Gasteiger partial charge >= 0.3 is 11.9 Å². The zero-order valence-corrected chi connectivity index (χ0v) is 7.20. The summed E-state index contributed by atoms with van der Waals surface area (Å²) in [4.78, 5) is 31.7. The van der Waals surface area contributed by atoms with Crippen LogP contribution in [0.5, 0.6) is 0 Å². The number of carbonyl (C=O) groups is 3. The quantitative estimate of drug-likeness (QED) is 0.440. The van der Waals surface area contributed by atoms with E-state index in [1.807, 2.05) is 0 Å². The molecule has 1 heterocycles. The summed E-state index contributed by atoms with van der Waals surface area (Å²) in [7, 11) is 0. The first-order valence-corrected chi connectivity index (χ1v) is 3.65. The molecular formula is C7H9NO5. The van der Waals surface area contributed by atoms with Crippen LogP contribution >= 0.6 is 0 Å². The van der Waals surface area contributed by atoms with Crippen molar-refractivity contribution in [2.75, 3.05) is 0 Å². The van der Waals surface area contributed by atoms with E-state index in [-0.39, 0.29) is 0 Å². The topological polar surface area (TPSA) is 81.7 Å². The number of nitrogens with one attached hydrogen (secondary N) is 1. The Morgan fingerprint density at radius 1 is 1.23 bits per heavy atom. The van der Waals surface area contributed by atoms with Crippen LogP contribution < -0.4 is 5.32 Å². The summed E-state index contributed by atoms with van der Waals surface area (Å²) in [6.07, 6.45) is -1.84. The first-order chi connectivity index (χ1) is 6.00. The van der Waals surface area contributed by atoms with Gasteiger partial charge < -0.3 is 14.8 Å². The maximum absolute atomic E-state index is 10.8. The lowest BCUT2D eigenvalue weighted by Crippen LogP contribution is -2.65. The Kier molecular flexibility index (Phi) is 2.50. The second kappa shape index (κ2) is 3.42. The molecule has 1 saturated heterocycles. The van der Waals surface area contributed by atoms with Gasteiger partial charge in [0.05, 0.1) is 0 Å². The van der Waals surface area contributed by atoms with E-state index in [0.29, 0.717) is 0 Å². The highest BCUT2D eigenvalue weighted by Crippen LogP contribution is 2.12. The van der Waals surface area contributed by atoms with Gasteiger partial charge in [0.1, 0.15) is 0 Å². The van der Waals surface area contributed by atoms with Gasteiger partial charge in [0, 0.05) is 13.8 Å². The van der Waals surface area contributed by atoms with Crippen LogP contribution in [0.1, 0.15) is 13.8 Å². The molecule has 72 valence electrons. The van der Waals surface area contributed by atoms with Crippen LogP contribution in [0.3, 0.4) is 0 Å². The summed E-state index contributed by atoms with van der Waals surface area (Å²) in [6, 6.07) is 0. The fraction of sp³-hybridized carbons (Fsp3) is 0.571. The van der Waals surface area contributed by atoms with Crippen LogP contribution in [0.15, 0.2) is 0 Å². The highest BCUT2D eigenvalue weighted by molar-refractivity contribution is 5.90. The van der Waals surface area contributed by atoms with E-state index in [0.717, 1.165) is 0 Å². The zero-order chi connectivity index (χ0) is 10.0. The maximum Gasteiger partial charge on any atom is 0.304 e. The van der Waals surface area contributed by atoms with Gasteiger partial charge in [0.25, 0.3) is 5.91 Å². The summed E-state index contributed by atoms with van der Waals surface area (Å²) < 4.78 is 9.21. The van der Waals surface area contributed by atoms with Crippen molar-refractivity contribution in [2.24, 2.45) is 0 Å². The second-order valence-electron chi connectivity index (χ2n) is 2.57. The molecule has 1 N–H and O–H groups in total. The van der Waals surface area contributed by atoms with Crippen LogP contribution in [0.2, 0.25) is 0 Å². The van der Waals surface area contributed by atoms with Crippen molar-refractivity contribution in [1.82, 2.24) is 5.32 Å². The molecule has 2 unspecified atom stereocenters. The van der Waals surface area contributed by atoms with Crippen LogP contribution in [0.25, 0.3) is 0 Å². The number of amides is 1. The van der Waals surface area contributed by atoms with E-state index in [2.05, 4.69) is 14.8 Å². The molecule has 0 radical (unpaired) electrons. The Morgan fingerprint density at radius 3 is 2.15 bits per heavy atom. The average Bonchev–Trinajstić information content (AvgIpc) is 1.99. The van der Waals surface area contributed by atoms with Crippen molar-refractivity contribution in [3.05, 3.63) is 0 Å². The third kappa shape index (κ3) is 2.17. The Balaban J connectivity index is 2.46. The predicted octanol–water partition coefficient (Wildman–Crippen LogP) is -1.06. The van der Waals surface area contributed by atoms with E-state index in [9.17, 15) is 14.4 Å². The lowest BCUT2D eigenvalue weighted by molar-refractivity contribution is -0.188. The lowest BCUT2D eigenvalue weighted by atomic mass is 10.1. The molecule has 1 amide bonds. The first kappa shape index (κ1) is 9.50. The molecule has 0 aliphatic carbocycles. The van der Waals surface area contributed by atoms with Crippen LogP contribution in [0, 0.1) is 0 Å². The van der Waals surface area contributed by atoms with Crippen LogP contribution in [-0.2, 0) is 23.9 Å². The van der Waals surface area contributed by atoms with Gasteiger partial charge in [0.15, 0.2) is 0 Å². The molecule has 0 bridgehead atoms. The molecule has 0 saturated carbocycles. The number of esters is 2. The molecule has 6 heteroatoms. The molecule has 1 aliphatic heterocycles. The summed E-state index contributed by atoms with van der Waals surface area (Å²) >= 11 is 0. The van der Waals surface area contributed by atoms with Gasteiger partial charge in [-0.3, -0.25) is 14.4 Å². The molecule has 1 rings (SSSR count). The molecule has 0 aromatic rings. The van der Waals surface area contributed by atoms with E-state index in [1.165, 1.54) is 13.8 Å². The van der Waals surface area contributed by atoms with Crippen molar-refractivity contribution in [2.45, 2.75) is 26.2 Å². The predicted molar refractivity (Wildman–Crippen MR) is 39.3 cm³/mol. The fourth-order valence-electron chi connectivity index (χ4n) is 0.903. The van der Waals surface area contributed by atoms with Gasteiger partial charge in [0.2, 0.25) is 12.3 Å². The van der Waals surface area contributed by atoms with Crippen LogP contribution in [0.4, 0.5) is 0 Å². The minimum atomic E-state index is -0.999. The molecule has 0 aromatic carbocycles. The minimum Gasteiger partial charge on any atom is -0.446 e. The molecular weight excluding hydrogens is 178 g/mol. The first-order valence-electron chi connectivity index (χ1n) is 3.65. The van der Waals surface area contributed by atoms with Gasteiger partial charge in [-0.1, -0.05) is 0 Å². The maximum atomic E-state index is 10.8. The summed E-state index contributed by atoms with van der Waals surface area (Å²) in [5.74, 6) is -1.58. The van der Waals surface area contributed by atoms with E-state index >= 15 is 0 Å². The standard InChI is InChI=1S/C7H9NO5/c1-3(9)12-5-6(11)8-7(5)13-4(2)10/h5,7H,1-2H3,(H,8,11). The fourth-order valence-corrected chi connectivity index (χ4v) is 0.903. The van der Waals surface area contributed by atoms with E-state index in [4.69, 9.17) is 0 Å². The minimum absolute atomic E-state index is 0.457. The normalized spacial score (nSPS) is 25.5. The third-order valence-corrected chi connectivity index (χ3v) is 1.40. The van der Waals surface area contributed by atoms with Crippen molar-refractivity contribution >= 4 is 17.8 Å². The van der Waals surface area contributed by atoms with Crippen LogP contribution in [-0.4, -0.2) is 30.2 Å². The summed E-state index contributed by atoms with van der Waals surface area (Å²) in [6.45, 7) is 2.38. The van der Waals surface area contributed by atoms with Crippen molar-refractivity contribution in [1.29, 1.82) is 0 Å². The number of β-lactam (4-membered cyclic amide) rings is 1. The van der Waals surface area contributed by atoms with E-state index < -0.39 is 30.2 Å². The number of hydrogen-bond donors (Lipinski definition) is 1. The Labute approximate surface area is 74.2 Å². The highest BCUT2D eigenvalue weighted by atomic mass is 16.6. The Morgan fingerprint density at radius 2 is 1.77 bits per heavy atom. The Bertz CT molecular complexity index is 262. The molecule has 0 spiro atoms. The molecule has 13 heavy (non-hydrogen) atoms. The number of hydrogen-bond acceptors (Lipinski definition) is 5. The zero-order valence-electron chi connectivity index (χ0n) is 7.20. The smallest absolute Gasteiger partial charge is 0.304 e. The number of rotatable bonds is 2. The van der Waals surface area contributed by atoms with Crippen molar-refractivity contribution in [3.8, 4) is 0 Å². The number of carbonyl (C=O) groups excluding carboxylic acids is 3. The average molecular weight is 187 g/mol. The second-order valence-corrected chi connectivity index (χ2v) is 2.57. The van der Waals surface area contributed by atoms with E-state index in [1.54, 1.807) is 0 Å². The monoisotopic (exact) mass is 187 g/mol. The van der Waals surface area contributed by atoms with Gasteiger partial charge in [-0.2, -0.15) is 0 Å². The highest BCUT2D eigenvalue weighted by Gasteiger charge is 2.44. The SMILES string of the molecule is CC(=O)OC1NC(=O)C1OC(C)=O. The summed E-state index contributed by atoms with van der Waals surface area (Å²) in [5.41, 5.74) is 0. The third-order valence-electron chi connectivity index (χ3n) is 1.40. The molecule has 1 fully saturated rings. The largest absolute Gasteiger partial charge is 0.446 e. The van der Waals surface area contributed by atoms with Gasteiger partial charge in [-0.05, 0) is 0 Å². The Hall–Kier alpha value is -1.59. The molecule has 1 aliphatic rings.